The zero-order chi connectivity index (χ0) is 12.1. The highest BCUT2D eigenvalue weighted by molar-refractivity contribution is 6.41. The summed E-state index contributed by atoms with van der Waals surface area (Å²) in [4.78, 5) is 21.8. The molecule has 16 heavy (non-hydrogen) atoms. The lowest BCUT2D eigenvalue weighted by atomic mass is 10.1. The molecule has 0 aromatic rings. The highest BCUT2D eigenvalue weighted by Crippen LogP contribution is 2.07. The van der Waals surface area contributed by atoms with Crippen molar-refractivity contribution in [1.29, 1.82) is 0 Å². The molecule has 6 heteroatoms. The van der Waals surface area contributed by atoms with Crippen LogP contribution in [0.15, 0.2) is 17.8 Å². The molecular formula is C10H15N3O3. The molecule has 1 atom stereocenters. The molecule has 1 heterocycles. The second-order valence-corrected chi connectivity index (χ2v) is 3.53. The summed E-state index contributed by atoms with van der Waals surface area (Å²) in [7, 11) is 0. The molecule has 0 amide bonds. The Hall–Kier alpha value is -1.69. The third kappa shape index (κ3) is 3.16. The third-order valence-corrected chi connectivity index (χ3v) is 2.16. The van der Waals surface area contributed by atoms with Crippen LogP contribution in [-0.2, 0) is 9.59 Å². The standard InChI is InChI=1S/C10H15N3O3/c1-3-4-11-8-5-13(6-9(15)16)12-10(8)7(2)14/h3,8,11H,1,4-6H2,2H3,(H,15,16). The van der Waals surface area contributed by atoms with E-state index in [0.717, 1.165) is 0 Å². The smallest absolute Gasteiger partial charge is 0.324 e. The minimum Gasteiger partial charge on any atom is -0.480 e. The van der Waals surface area contributed by atoms with E-state index in [-0.39, 0.29) is 18.4 Å². The summed E-state index contributed by atoms with van der Waals surface area (Å²) in [5, 5.41) is 17.0. The Morgan fingerprint density at radius 3 is 2.94 bits per heavy atom. The summed E-state index contributed by atoms with van der Waals surface area (Å²) in [6, 6.07) is -0.213. The number of carbonyl (C=O) groups excluding carboxylic acids is 1. The molecule has 0 bridgehead atoms. The van der Waals surface area contributed by atoms with Crippen LogP contribution in [0.5, 0.6) is 0 Å². The van der Waals surface area contributed by atoms with E-state index >= 15 is 0 Å². The highest BCUT2D eigenvalue weighted by atomic mass is 16.4. The van der Waals surface area contributed by atoms with Crippen molar-refractivity contribution in [2.45, 2.75) is 13.0 Å². The molecule has 0 aliphatic carbocycles. The summed E-state index contributed by atoms with van der Waals surface area (Å²) in [5.41, 5.74) is 0.378. The van der Waals surface area contributed by atoms with Crippen LogP contribution in [0.25, 0.3) is 0 Å². The van der Waals surface area contributed by atoms with Crippen LogP contribution in [0.3, 0.4) is 0 Å². The van der Waals surface area contributed by atoms with Gasteiger partial charge in [-0.05, 0) is 0 Å². The van der Waals surface area contributed by atoms with Crippen LogP contribution in [0, 0.1) is 0 Å². The van der Waals surface area contributed by atoms with Gasteiger partial charge in [0.25, 0.3) is 0 Å². The number of ketones is 1. The fourth-order valence-electron chi connectivity index (χ4n) is 1.52. The van der Waals surface area contributed by atoms with Gasteiger partial charge in [-0.2, -0.15) is 5.10 Å². The molecule has 0 aromatic carbocycles. The van der Waals surface area contributed by atoms with Crippen molar-refractivity contribution in [2.24, 2.45) is 5.10 Å². The number of carboxylic acids is 1. The van der Waals surface area contributed by atoms with Crippen LogP contribution in [0.2, 0.25) is 0 Å². The Balaban J connectivity index is 2.67. The normalized spacial score (nSPS) is 19.4. The molecule has 0 radical (unpaired) electrons. The number of Topliss-reactive ketones (excluding diaryl/α,β-unsaturated/α-hetero) is 1. The summed E-state index contributed by atoms with van der Waals surface area (Å²) in [6.07, 6.45) is 1.68. The van der Waals surface area contributed by atoms with Crippen molar-refractivity contribution < 1.29 is 14.7 Å². The summed E-state index contributed by atoms with van der Waals surface area (Å²) < 4.78 is 0. The number of carbonyl (C=O) groups is 2. The zero-order valence-corrected chi connectivity index (χ0v) is 9.14. The lowest BCUT2D eigenvalue weighted by Crippen LogP contribution is -2.41. The number of nitrogens with zero attached hydrogens (tertiary/aromatic N) is 2. The lowest BCUT2D eigenvalue weighted by molar-refractivity contribution is -0.138. The Morgan fingerprint density at radius 2 is 2.44 bits per heavy atom. The largest absolute Gasteiger partial charge is 0.480 e. The van der Waals surface area contributed by atoms with E-state index in [0.29, 0.717) is 18.8 Å². The van der Waals surface area contributed by atoms with E-state index in [4.69, 9.17) is 5.11 Å². The van der Waals surface area contributed by atoms with Gasteiger partial charge in [0, 0.05) is 13.5 Å². The minimum atomic E-state index is -0.962. The minimum absolute atomic E-state index is 0.144. The summed E-state index contributed by atoms with van der Waals surface area (Å²) >= 11 is 0. The predicted molar refractivity (Wildman–Crippen MR) is 59.3 cm³/mol. The second kappa shape index (κ2) is 5.41. The third-order valence-electron chi connectivity index (χ3n) is 2.16. The molecular weight excluding hydrogens is 210 g/mol. The molecule has 0 saturated heterocycles. The van der Waals surface area contributed by atoms with Gasteiger partial charge in [-0.15, -0.1) is 6.58 Å². The Morgan fingerprint density at radius 1 is 1.75 bits per heavy atom. The van der Waals surface area contributed by atoms with Gasteiger partial charge in [-0.1, -0.05) is 6.08 Å². The maximum Gasteiger partial charge on any atom is 0.324 e. The number of nitrogens with one attached hydrogen (secondary N) is 1. The van der Waals surface area contributed by atoms with Crippen molar-refractivity contribution in [3.05, 3.63) is 12.7 Å². The molecule has 1 aliphatic heterocycles. The molecule has 6 nitrogen and oxygen atoms in total. The second-order valence-electron chi connectivity index (χ2n) is 3.53. The number of hydrogen-bond donors (Lipinski definition) is 2. The number of aliphatic carboxylic acids is 1. The van der Waals surface area contributed by atoms with Gasteiger partial charge >= 0.3 is 5.97 Å². The van der Waals surface area contributed by atoms with Crippen LogP contribution in [-0.4, -0.2) is 53.3 Å². The van der Waals surface area contributed by atoms with Gasteiger partial charge in [-0.3, -0.25) is 14.6 Å². The first kappa shape index (κ1) is 12.4. The van der Waals surface area contributed by atoms with Gasteiger partial charge in [0.05, 0.1) is 12.6 Å². The molecule has 1 aliphatic rings. The maximum atomic E-state index is 11.3. The number of hydrazone groups is 1. The fraction of sp³-hybridized carbons (Fsp3) is 0.500. The lowest BCUT2D eigenvalue weighted by Gasteiger charge is -2.14. The fourth-order valence-corrected chi connectivity index (χ4v) is 1.52. The van der Waals surface area contributed by atoms with Crippen molar-refractivity contribution >= 4 is 17.5 Å². The van der Waals surface area contributed by atoms with E-state index in [9.17, 15) is 9.59 Å². The van der Waals surface area contributed by atoms with Crippen LogP contribution < -0.4 is 5.32 Å². The van der Waals surface area contributed by atoms with Gasteiger partial charge in [0.2, 0.25) is 0 Å². The van der Waals surface area contributed by atoms with Gasteiger partial charge in [0.1, 0.15) is 12.3 Å². The average molecular weight is 225 g/mol. The van der Waals surface area contributed by atoms with E-state index in [1.54, 1.807) is 6.08 Å². The van der Waals surface area contributed by atoms with Crippen LogP contribution >= 0.6 is 0 Å². The molecule has 88 valence electrons. The first-order chi connectivity index (χ1) is 7.54. The molecule has 0 fully saturated rings. The van der Waals surface area contributed by atoms with Crippen LogP contribution in [0.4, 0.5) is 0 Å². The van der Waals surface area contributed by atoms with Crippen molar-refractivity contribution in [1.82, 2.24) is 10.3 Å². The first-order valence-electron chi connectivity index (χ1n) is 4.95. The molecule has 1 rings (SSSR count). The van der Waals surface area contributed by atoms with E-state index in [2.05, 4.69) is 17.0 Å². The van der Waals surface area contributed by atoms with Crippen molar-refractivity contribution in [3.8, 4) is 0 Å². The molecule has 1 unspecified atom stereocenters. The molecule has 0 aromatic heterocycles. The predicted octanol–water partition coefficient (Wildman–Crippen LogP) is -0.524. The average Bonchev–Trinajstić information content (AvgIpc) is 2.57. The Bertz CT molecular complexity index is 338. The maximum absolute atomic E-state index is 11.3. The van der Waals surface area contributed by atoms with Gasteiger partial charge < -0.3 is 10.4 Å². The van der Waals surface area contributed by atoms with Crippen LogP contribution in [0.1, 0.15) is 6.92 Å². The quantitative estimate of drug-likeness (QED) is 0.594. The zero-order valence-electron chi connectivity index (χ0n) is 9.14. The van der Waals surface area contributed by atoms with E-state index in [1.165, 1.54) is 11.9 Å². The SMILES string of the molecule is C=CCNC1CN(CC(=O)O)N=C1C(C)=O. The Labute approximate surface area is 93.6 Å². The van der Waals surface area contributed by atoms with E-state index < -0.39 is 5.97 Å². The van der Waals surface area contributed by atoms with Gasteiger partial charge in [-0.25, -0.2) is 0 Å². The number of rotatable bonds is 6. The highest BCUT2D eigenvalue weighted by Gasteiger charge is 2.29. The number of carboxylic acid groups (broad SMARTS) is 1. The summed E-state index contributed by atoms with van der Waals surface area (Å²) in [5.74, 6) is -1.11. The number of hydrogen-bond acceptors (Lipinski definition) is 5. The van der Waals surface area contributed by atoms with E-state index in [1.807, 2.05) is 0 Å². The van der Waals surface area contributed by atoms with Gasteiger partial charge in [0.15, 0.2) is 5.78 Å². The molecule has 0 saturated carbocycles. The first-order valence-corrected chi connectivity index (χ1v) is 4.95. The van der Waals surface area contributed by atoms with Crippen molar-refractivity contribution in [2.75, 3.05) is 19.6 Å². The Kier molecular flexibility index (Phi) is 4.19. The summed E-state index contributed by atoms with van der Waals surface area (Å²) in [6.45, 7) is 5.75. The molecule has 0 spiro atoms. The monoisotopic (exact) mass is 225 g/mol. The topological polar surface area (TPSA) is 82.0 Å². The molecule has 2 N–H and O–H groups in total. The van der Waals surface area contributed by atoms with Crippen molar-refractivity contribution in [3.63, 3.8) is 0 Å².